The van der Waals surface area contributed by atoms with E-state index in [0.29, 0.717) is 11.4 Å². The molecule has 5 heteroatoms. The number of carbonyl (C=O) groups excluding carboxylic acids is 1. The van der Waals surface area contributed by atoms with Crippen LogP contribution in [0.3, 0.4) is 0 Å². The number of methoxy groups -OCH3 is 1. The van der Waals surface area contributed by atoms with Crippen LogP contribution in [0.5, 0.6) is 0 Å². The topological polar surface area (TPSA) is 49.8 Å². The number of hydrogen-bond acceptors (Lipinski definition) is 4. The maximum Gasteiger partial charge on any atom is 0.264 e. The molecule has 0 saturated carbocycles. The summed E-state index contributed by atoms with van der Waals surface area (Å²) < 4.78 is 5.25. The molecule has 18 heavy (non-hydrogen) atoms. The van der Waals surface area contributed by atoms with Crippen LogP contribution in [-0.4, -0.2) is 48.8 Å². The van der Waals surface area contributed by atoms with Gasteiger partial charge in [-0.3, -0.25) is 4.79 Å². The second-order valence-corrected chi connectivity index (χ2v) is 5.11. The third kappa shape index (κ3) is 2.91. The number of aliphatic hydroxyl groups is 1. The highest BCUT2D eigenvalue weighted by Crippen LogP contribution is 2.21. The average Bonchev–Trinajstić information content (AvgIpc) is 3.04. The smallest absolute Gasteiger partial charge is 0.264 e. The first kappa shape index (κ1) is 13.1. The van der Waals surface area contributed by atoms with E-state index in [2.05, 4.69) is 11.8 Å². The molecule has 0 aliphatic carbocycles. The van der Waals surface area contributed by atoms with Crippen LogP contribution in [0.1, 0.15) is 21.0 Å². The fourth-order valence-corrected chi connectivity index (χ4v) is 2.76. The van der Waals surface area contributed by atoms with Gasteiger partial charge in [-0.25, -0.2) is 0 Å². The summed E-state index contributed by atoms with van der Waals surface area (Å²) in [7, 11) is 1.67. The Morgan fingerprint density at radius 2 is 2.50 bits per heavy atom. The number of carbonyl (C=O) groups is 1. The van der Waals surface area contributed by atoms with Crippen LogP contribution in [0.15, 0.2) is 12.1 Å². The van der Waals surface area contributed by atoms with Crippen LogP contribution in [-0.2, 0) is 4.74 Å². The highest BCUT2D eigenvalue weighted by Gasteiger charge is 2.27. The standard InChI is InChI=1S/C13H15NO3S/c1-17-10-6-7-14(9-10)13(16)12-5-4-11(18-12)3-2-8-15/h4-5,10,15H,6-9H2,1H3. The summed E-state index contributed by atoms with van der Waals surface area (Å²) in [5.74, 6) is 5.42. The first-order valence-corrected chi connectivity index (χ1v) is 6.58. The number of likely N-dealkylation sites (tertiary alicyclic amines) is 1. The molecule has 1 saturated heterocycles. The van der Waals surface area contributed by atoms with Gasteiger partial charge >= 0.3 is 0 Å². The predicted molar refractivity (Wildman–Crippen MR) is 69.6 cm³/mol. The Labute approximate surface area is 110 Å². The number of amides is 1. The van der Waals surface area contributed by atoms with Gasteiger partial charge in [0.05, 0.1) is 15.9 Å². The van der Waals surface area contributed by atoms with Gasteiger partial charge in [-0.1, -0.05) is 11.8 Å². The van der Waals surface area contributed by atoms with Gasteiger partial charge in [0, 0.05) is 20.2 Å². The van der Waals surface area contributed by atoms with Crippen LogP contribution in [0.25, 0.3) is 0 Å². The zero-order valence-corrected chi connectivity index (χ0v) is 11.0. The molecule has 1 unspecified atom stereocenters. The zero-order valence-electron chi connectivity index (χ0n) is 10.2. The Kier molecular flexibility index (Phi) is 4.37. The maximum absolute atomic E-state index is 12.2. The predicted octanol–water partition coefficient (Wildman–Crippen LogP) is 0.953. The molecule has 1 aromatic rings. The Balaban J connectivity index is 2.03. The van der Waals surface area contributed by atoms with Crippen molar-refractivity contribution in [2.24, 2.45) is 0 Å². The van der Waals surface area contributed by atoms with Gasteiger partial charge < -0.3 is 14.7 Å². The lowest BCUT2D eigenvalue weighted by Gasteiger charge is -2.14. The molecule has 1 aliphatic heterocycles. The van der Waals surface area contributed by atoms with Gasteiger partial charge in [0.25, 0.3) is 5.91 Å². The average molecular weight is 265 g/mol. The van der Waals surface area contributed by atoms with Crippen LogP contribution < -0.4 is 0 Å². The maximum atomic E-state index is 12.2. The lowest BCUT2D eigenvalue weighted by molar-refractivity contribution is 0.0728. The lowest BCUT2D eigenvalue weighted by atomic mass is 10.3. The summed E-state index contributed by atoms with van der Waals surface area (Å²) in [6.45, 7) is 1.24. The summed E-state index contributed by atoms with van der Waals surface area (Å²) >= 11 is 1.36. The first-order valence-electron chi connectivity index (χ1n) is 5.76. The molecule has 1 aliphatic rings. The fraction of sp³-hybridized carbons (Fsp3) is 0.462. The van der Waals surface area contributed by atoms with Gasteiger partial charge in [0.1, 0.15) is 6.61 Å². The number of thiophene rings is 1. The Morgan fingerprint density at radius 3 is 3.17 bits per heavy atom. The van der Waals surface area contributed by atoms with E-state index in [1.165, 1.54) is 11.3 Å². The van der Waals surface area contributed by atoms with Crippen molar-refractivity contribution in [3.63, 3.8) is 0 Å². The van der Waals surface area contributed by atoms with Crippen molar-refractivity contribution in [2.75, 3.05) is 26.8 Å². The number of nitrogens with zero attached hydrogens (tertiary/aromatic N) is 1. The van der Waals surface area contributed by atoms with Crippen LogP contribution in [0.2, 0.25) is 0 Å². The summed E-state index contributed by atoms with van der Waals surface area (Å²) in [4.78, 5) is 15.5. The fourth-order valence-electron chi connectivity index (χ4n) is 1.91. The molecular formula is C13H15NO3S. The monoisotopic (exact) mass is 265 g/mol. The van der Waals surface area contributed by atoms with E-state index in [1.807, 2.05) is 11.0 Å². The Morgan fingerprint density at radius 1 is 1.67 bits per heavy atom. The van der Waals surface area contributed by atoms with Crippen LogP contribution >= 0.6 is 11.3 Å². The van der Waals surface area contributed by atoms with E-state index < -0.39 is 0 Å². The van der Waals surface area contributed by atoms with E-state index in [0.717, 1.165) is 17.8 Å². The second kappa shape index (κ2) is 6.01. The number of ether oxygens (including phenoxy) is 1. The zero-order chi connectivity index (χ0) is 13.0. The molecule has 2 rings (SSSR count). The number of hydrogen-bond donors (Lipinski definition) is 1. The minimum Gasteiger partial charge on any atom is -0.384 e. The van der Waals surface area contributed by atoms with E-state index in [-0.39, 0.29) is 18.6 Å². The van der Waals surface area contributed by atoms with Crippen LogP contribution in [0.4, 0.5) is 0 Å². The summed E-state index contributed by atoms with van der Waals surface area (Å²) in [6, 6.07) is 3.60. The van der Waals surface area contributed by atoms with Crippen molar-refractivity contribution in [1.29, 1.82) is 0 Å². The quantitative estimate of drug-likeness (QED) is 0.810. The molecule has 0 bridgehead atoms. The molecule has 1 amide bonds. The number of aliphatic hydroxyl groups excluding tert-OH is 1. The van der Waals surface area contributed by atoms with Crippen molar-refractivity contribution in [3.8, 4) is 11.8 Å². The SMILES string of the molecule is COC1CCN(C(=O)c2ccc(C#CCO)s2)C1. The Hall–Kier alpha value is -1.35. The van der Waals surface area contributed by atoms with Crippen molar-refractivity contribution >= 4 is 17.2 Å². The third-order valence-corrected chi connectivity index (χ3v) is 3.86. The summed E-state index contributed by atoms with van der Waals surface area (Å²) in [5.41, 5.74) is 0. The van der Waals surface area contributed by atoms with Crippen LogP contribution in [0, 0.1) is 11.8 Å². The largest absolute Gasteiger partial charge is 0.384 e. The summed E-state index contributed by atoms with van der Waals surface area (Å²) in [6.07, 6.45) is 1.05. The van der Waals surface area contributed by atoms with Gasteiger partial charge in [-0.15, -0.1) is 11.3 Å². The molecule has 1 atom stereocenters. The van der Waals surface area contributed by atoms with Crippen molar-refractivity contribution in [2.45, 2.75) is 12.5 Å². The molecule has 2 heterocycles. The van der Waals surface area contributed by atoms with Crippen molar-refractivity contribution < 1.29 is 14.6 Å². The molecule has 1 N–H and O–H groups in total. The highest BCUT2D eigenvalue weighted by atomic mass is 32.1. The molecule has 0 radical (unpaired) electrons. The molecule has 1 fully saturated rings. The van der Waals surface area contributed by atoms with Gasteiger partial charge in [0.15, 0.2) is 0 Å². The van der Waals surface area contributed by atoms with Crippen molar-refractivity contribution in [1.82, 2.24) is 4.90 Å². The summed E-state index contributed by atoms with van der Waals surface area (Å²) in [5, 5.41) is 8.61. The molecule has 0 aromatic carbocycles. The number of rotatable bonds is 2. The van der Waals surface area contributed by atoms with Crippen molar-refractivity contribution in [3.05, 3.63) is 21.9 Å². The molecule has 1 aromatic heterocycles. The van der Waals surface area contributed by atoms with Gasteiger partial charge in [0.2, 0.25) is 0 Å². The van der Waals surface area contributed by atoms with E-state index in [9.17, 15) is 4.79 Å². The molecule has 0 spiro atoms. The van der Waals surface area contributed by atoms with Gasteiger partial charge in [-0.2, -0.15) is 0 Å². The molecule has 4 nitrogen and oxygen atoms in total. The minimum atomic E-state index is -0.164. The molecular weight excluding hydrogens is 250 g/mol. The second-order valence-electron chi connectivity index (χ2n) is 4.02. The highest BCUT2D eigenvalue weighted by molar-refractivity contribution is 7.14. The minimum absolute atomic E-state index is 0.0385. The van der Waals surface area contributed by atoms with E-state index in [1.54, 1.807) is 13.2 Å². The first-order chi connectivity index (χ1) is 8.74. The van der Waals surface area contributed by atoms with E-state index >= 15 is 0 Å². The third-order valence-electron chi connectivity index (χ3n) is 2.87. The molecule has 96 valence electrons. The normalized spacial score (nSPS) is 18.6. The lowest BCUT2D eigenvalue weighted by Crippen LogP contribution is -2.29. The Bertz CT molecular complexity index is 486. The van der Waals surface area contributed by atoms with Gasteiger partial charge in [-0.05, 0) is 18.6 Å². The van der Waals surface area contributed by atoms with E-state index in [4.69, 9.17) is 9.84 Å².